The molecule has 0 aliphatic carbocycles. The smallest absolute Gasteiger partial charge is 0.248 e. The van der Waals surface area contributed by atoms with Crippen LogP contribution in [0.25, 0.3) is 6.08 Å². The number of anilines is 1. The maximum absolute atomic E-state index is 13.1. The van der Waals surface area contributed by atoms with E-state index in [1.807, 2.05) is 6.92 Å². The van der Waals surface area contributed by atoms with Gasteiger partial charge in [0.25, 0.3) is 0 Å². The molecule has 1 fully saturated rings. The third kappa shape index (κ3) is 5.42. The van der Waals surface area contributed by atoms with Crippen molar-refractivity contribution in [3.05, 3.63) is 52.6 Å². The van der Waals surface area contributed by atoms with Gasteiger partial charge in [0.05, 0.1) is 33.1 Å². The summed E-state index contributed by atoms with van der Waals surface area (Å²) in [5.41, 5.74) is 1.81. The van der Waals surface area contributed by atoms with Crippen molar-refractivity contribution in [1.29, 1.82) is 0 Å². The second-order valence-corrected chi connectivity index (χ2v) is 9.36. The molecule has 10 heteroatoms. The van der Waals surface area contributed by atoms with Gasteiger partial charge in [-0.25, -0.2) is 8.42 Å². The van der Waals surface area contributed by atoms with Gasteiger partial charge in [-0.3, -0.25) is 4.79 Å². The van der Waals surface area contributed by atoms with E-state index in [4.69, 9.17) is 25.8 Å². The van der Waals surface area contributed by atoms with Crippen LogP contribution in [0.15, 0.2) is 41.3 Å². The van der Waals surface area contributed by atoms with E-state index in [0.717, 1.165) is 5.56 Å². The molecule has 1 saturated heterocycles. The summed E-state index contributed by atoms with van der Waals surface area (Å²) in [5, 5.41) is 3.27. The number of sulfonamides is 1. The normalized spacial score (nSPS) is 15.0. The van der Waals surface area contributed by atoms with Gasteiger partial charge in [-0.1, -0.05) is 17.7 Å². The molecular weight excluding hydrogens is 456 g/mol. The summed E-state index contributed by atoms with van der Waals surface area (Å²) in [6.07, 6.45) is 2.85. The first kappa shape index (κ1) is 24.1. The second-order valence-electron chi connectivity index (χ2n) is 7.05. The van der Waals surface area contributed by atoms with Crippen LogP contribution in [-0.4, -0.2) is 59.2 Å². The van der Waals surface area contributed by atoms with E-state index in [1.54, 1.807) is 24.3 Å². The van der Waals surface area contributed by atoms with Crippen LogP contribution in [0.4, 0.5) is 5.69 Å². The van der Waals surface area contributed by atoms with Gasteiger partial charge in [-0.05, 0) is 42.3 Å². The lowest BCUT2D eigenvalue weighted by Crippen LogP contribution is -2.40. The number of morpholine rings is 1. The third-order valence-corrected chi connectivity index (χ3v) is 7.27. The molecule has 0 spiro atoms. The third-order valence-electron chi connectivity index (χ3n) is 4.94. The van der Waals surface area contributed by atoms with Crippen molar-refractivity contribution < 1.29 is 27.4 Å². The van der Waals surface area contributed by atoms with Gasteiger partial charge in [0.15, 0.2) is 0 Å². The number of rotatable bonds is 7. The lowest BCUT2D eigenvalue weighted by atomic mass is 10.2. The highest BCUT2D eigenvalue weighted by Gasteiger charge is 2.29. The summed E-state index contributed by atoms with van der Waals surface area (Å²) in [4.78, 5) is 12.5. The fourth-order valence-corrected chi connectivity index (χ4v) is 4.95. The van der Waals surface area contributed by atoms with Crippen molar-refractivity contribution in [3.8, 4) is 11.5 Å². The summed E-state index contributed by atoms with van der Waals surface area (Å²) >= 11 is 6.10. The van der Waals surface area contributed by atoms with Crippen LogP contribution >= 0.6 is 11.6 Å². The number of amides is 1. The second kappa shape index (κ2) is 10.4. The number of ether oxygens (including phenoxy) is 3. The number of benzene rings is 2. The molecule has 1 N–H and O–H groups in total. The molecular formula is C22H25ClN2O6S. The molecule has 1 aliphatic rings. The van der Waals surface area contributed by atoms with Crippen LogP contribution in [0, 0.1) is 6.92 Å². The number of nitrogens with one attached hydrogen (secondary N) is 1. The van der Waals surface area contributed by atoms with E-state index in [1.165, 1.54) is 36.7 Å². The minimum absolute atomic E-state index is 0.0412. The van der Waals surface area contributed by atoms with Gasteiger partial charge in [0.2, 0.25) is 15.9 Å². The maximum atomic E-state index is 13.1. The highest BCUT2D eigenvalue weighted by molar-refractivity contribution is 7.89. The molecule has 3 rings (SSSR count). The Labute approximate surface area is 192 Å². The molecule has 2 aromatic carbocycles. The molecule has 0 bridgehead atoms. The summed E-state index contributed by atoms with van der Waals surface area (Å²) in [6.45, 7) is 3.05. The standard InChI is InChI=1S/C22H25ClN2O6S/c1-15-12-18(20(30-3)14-17(15)23)24-22(26)7-5-16-4-6-19(29-2)21(13-16)32(27,28)25-8-10-31-11-9-25/h4-7,12-14H,8-11H2,1-3H3,(H,24,26)/b7-5+. The predicted molar refractivity (Wildman–Crippen MR) is 123 cm³/mol. The monoisotopic (exact) mass is 480 g/mol. The van der Waals surface area contributed by atoms with Crippen LogP contribution < -0.4 is 14.8 Å². The molecule has 8 nitrogen and oxygen atoms in total. The Bertz CT molecular complexity index is 1130. The minimum Gasteiger partial charge on any atom is -0.495 e. The molecule has 0 aromatic heterocycles. The zero-order chi connectivity index (χ0) is 23.3. The van der Waals surface area contributed by atoms with Crippen LogP contribution in [0.2, 0.25) is 5.02 Å². The van der Waals surface area contributed by atoms with E-state index in [2.05, 4.69) is 5.32 Å². The first-order valence-electron chi connectivity index (χ1n) is 9.85. The molecule has 1 heterocycles. The van der Waals surface area contributed by atoms with Gasteiger partial charge < -0.3 is 19.5 Å². The molecule has 0 unspecified atom stereocenters. The highest BCUT2D eigenvalue weighted by Crippen LogP contribution is 2.31. The molecule has 0 atom stereocenters. The lowest BCUT2D eigenvalue weighted by Gasteiger charge is -2.26. The minimum atomic E-state index is -3.77. The summed E-state index contributed by atoms with van der Waals surface area (Å²) in [5.74, 6) is 0.267. The molecule has 1 amide bonds. The van der Waals surface area contributed by atoms with Crippen molar-refractivity contribution in [2.45, 2.75) is 11.8 Å². The van der Waals surface area contributed by atoms with E-state index < -0.39 is 15.9 Å². The molecule has 0 saturated carbocycles. The van der Waals surface area contributed by atoms with Gasteiger partial charge in [0.1, 0.15) is 16.4 Å². The van der Waals surface area contributed by atoms with E-state index in [-0.39, 0.29) is 23.7 Å². The quantitative estimate of drug-likeness (QED) is 0.611. The Morgan fingerprint density at radius 2 is 1.81 bits per heavy atom. The van der Waals surface area contributed by atoms with E-state index in [9.17, 15) is 13.2 Å². The number of nitrogens with zero attached hydrogens (tertiary/aromatic N) is 1. The van der Waals surface area contributed by atoms with Crippen molar-refractivity contribution >= 4 is 39.3 Å². The summed E-state index contributed by atoms with van der Waals surface area (Å²) in [7, 11) is -0.866. The zero-order valence-corrected chi connectivity index (χ0v) is 19.6. The van der Waals surface area contributed by atoms with E-state index >= 15 is 0 Å². The SMILES string of the molecule is COc1cc(Cl)c(C)cc1NC(=O)/C=C/c1ccc(OC)c(S(=O)(=O)N2CCOCC2)c1. The predicted octanol–water partition coefficient (Wildman–Crippen LogP) is 3.34. The molecule has 1 aliphatic heterocycles. The Morgan fingerprint density at radius 3 is 2.47 bits per heavy atom. The number of hydrogen-bond acceptors (Lipinski definition) is 6. The fraction of sp³-hybridized carbons (Fsp3) is 0.318. The number of carbonyl (C=O) groups is 1. The summed E-state index contributed by atoms with van der Waals surface area (Å²) < 4.78 is 43.3. The first-order valence-corrected chi connectivity index (χ1v) is 11.7. The average molecular weight is 481 g/mol. The van der Waals surface area contributed by atoms with Crippen LogP contribution in [0.5, 0.6) is 11.5 Å². The Hall–Kier alpha value is -2.59. The van der Waals surface area contributed by atoms with E-state index in [0.29, 0.717) is 35.2 Å². The van der Waals surface area contributed by atoms with Gasteiger partial charge >= 0.3 is 0 Å². The highest BCUT2D eigenvalue weighted by atomic mass is 35.5. The summed E-state index contributed by atoms with van der Waals surface area (Å²) in [6, 6.07) is 8.07. The first-order chi connectivity index (χ1) is 15.3. The number of carbonyl (C=O) groups excluding carboxylic acids is 1. The van der Waals surface area contributed by atoms with Crippen molar-refractivity contribution in [1.82, 2.24) is 4.31 Å². The number of aryl methyl sites for hydroxylation is 1. The zero-order valence-electron chi connectivity index (χ0n) is 18.1. The number of hydrogen-bond donors (Lipinski definition) is 1. The number of halogens is 1. The fourth-order valence-electron chi connectivity index (χ4n) is 3.20. The van der Waals surface area contributed by atoms with Crippen LogP contribution in [0.3, 0.4) is 0 Å². The van der Waals surface area contributed by atoms with Crippen LogP contribution in [0.1, 0.15) is 11.1 Å². The Balaban J connectivity index is 1.83. The molecule has 32 heavy (non-hydrogen) atoms. The molecule has 172 valence electrons. The van der Waals surface area contributed by atoms with Gasteiger partial charge in [-0.2, -0.15) is 4.31 Å². The van der Waals surface area contributed by atoms with Gasteiger partial charge in [-0.15, -0.1) is 0 Å². The van der Waals surface area contributed by atoms with Crippen molar-refractivity contribution in [2.75, 3.05) is 45.8 Å². The lowest BCUT2D eigenvalue weighted by molar-refractivity contribution is -0.111. The Morgan fingerprint density at radius 1 is 1.12 bits per heavy atom. The topological polar surface area (TPSA) is 94.2 Å². The maximum Gasteiger partial charge on any atom is 0.248 e. The van der Waals surface area contributed by atoms with Crippen LogP contribution in [-0.2, 0) is 19.6 Å². The van der Waals surface area contributed by atoms with Crippen molar-refractivity contribution in [2.24, 2.45) is 0 Å². The largest absolute Gasteiger partial charge is 0.495 e. The molecule has 2 aromatic rings. The van der Waals surface area contributed by atoms with Gasteiger partial charge in [0, 0.05) is 30.3 Å². The molecule has 0 radical (unpaired) electrons. The average Bonchev–Trinajstić information content (AvgIpc) is 2.80. The van der Waals surface area contributed by atoms with Crippen molar-refractivity contribution in [3.63, 3.8) is 0 Å². The Kier molecular flexibility index (Phi) is 7.78. The number of methoxy groups -OCH3 is 2.